The summed E-state index contributed by atoms with van der Waals surface area (Å²) in [6, 6.07) is 0. The lowest BCUT2D eigenvalue weighted by Crippen LogP contribution is -2.24. The Bertz CT molecular complexity index is 512. The summed E-state index contributed by atoms with van der Waals surface area (Å²) in [6.07, 6.45) is 15.7. The van der Waals surface area contributed by atoms with Gasteiger partial charge in [0.2, 0.25) is 0 Å². The molecule has 0 aromatic carbocycles. The van der Waals surface area contributed by atoms with Gasteiger partial charge in [-0.1, -0.05) is 50.0 Å². The van der Waals surface area contributed by atoms with Gasteiger partial charge in [-0.15, -0.1) is 0 Å². The quantitative estimate of drug-likeness (QED) is 0.391. The lowest BCUT2D eigenvalue weighted by molar-refractivity contribution is 0.112. The van der Waals surface area contributed by atoms with Crippen LogP contribution in [0, 0.1) is 17.8 Å². The van der Waals surface area contributed by atoms with Crippen LogP contribution in [-0.4, -0.2) is 60.2 Å². The summed E-state index contributed by atoms with van der Waals surface area (Å²) in [7, 11) is 0. The molecule has 0 spiro atoms. The number of hydrogen-bond acceptors (Lipinski definition) is 4. The van der Waals surface area contributed by atoms with Crippen LogP contribution in [0.25, 0.3) is 0 Å². The van der Waals surface area contributed by atoms with Crippen LogP contribution in [0.5, 0.6) is 0 Å². The fraction of sp³-hybridized carbons (Fsp3) is 0.833. The second-order valence-electron chi connectivity index (χ2n) is 9.10. The van der Waals surface area contributed by atoms with Gasteiger partial charge in [0.05, 0.1) is 25.4 Å². The van der Waals surface area contributed by atoms with Crippen molar-refractivity contribution in [2.24, 2.45) is 17.8 Å². The maximum atomic E-state index is 10.5. The van der Waals surface area contributed by atoms with E-state index in [2.05, 4.69) is 24.0 Å². The number of rotatable bonds is 12. The molecule has 160 valence electrons. The van der Waals surface area contributed by atoms with Crippen LogP contribution in [0.4, 0.5) is 0 Å². The Morgan fingerprint density at radius 2 is 2.07 bits per heavy atom. The normalized spacial score (nSPS) is 31.6. The van der Waals surface area contributed by atoms with Crippen molar-refractivity contribution in [2.45, 2.75) is 76.9 Å². The molecule has 1 aliphatic heterocycles. The Labute approximate surface area is 171 Å². The molecule has 3 aliphatic rings. The number of nitrogens with zero attached hydrogens (tertiary/aromatic N) is 1. The number of aliphatic hydroxyl groups excluding tert-OH is 2. The summed E-state index contributed by atoms with van der Waals surface area (Å²) >= 11 is 0. The van der Waals surface area contributed by atoms with Gasteiger partial charge in [0.25, 0.3) is 0 Å². The smallest absolute Gasteiger partial charge is 0.0721 e. The molecule has 2 aliphatic carbocycles. The minimum Gasteiger partial charge on any atom is -0.392 e. The third kappa shape index (κ3) is 6.41. The monoisotopic (exact) mass is 391 g/mol. The van der Waals surface area contributed by atoms with Crippen molar-refractivity contribution in [1.29, 1.82) is 0 Å². The van der Waals surface area contributed by atoms with E-state index in [0.717, 1.165) is 51.9 Å². The van der Waals surface area contributed by atoms with Crippen molar-refractivity contribution in [1.82, 2.24) is 4.90 Å². The standard InChI is InChI=1S/C24H41NO3/c1-2-3-4-7-21(26)8-9-22-23-17-19(16-20(23)18-24(22)27)10-14-28-15-13-25-11-5-6-12-25/h8-9,16,20-24,26-27H,2-7,10-15,17-18H2,1H3/t20-,21-,22+,23-,24+/m0/s1. The van der Waals surface area contributed by atoms with Crippen LogP contribution in [0.3, 0.4) is 0 Å². The number of likely N-dealkylation sites (tertiary alicyclic amines) is 1. The fourth-order valence-electron chi connectivity index (χ4n) is 5.25. The van der Waals surface area contributed by atoms with Gasteiger partial charge >= 0.3 is 0 Å². The molecule has 0 bridgehead atoms. The van der Waals surface area contributed by atoms with Crippen molar-refractivity contribution in [3.63, 3.8) is 0 Å². The molecule has 0 aromatic heterocycles. The van der Waals surface area contributed by atoms with Gasteiger partial charge in [0.1, 0.15) is 0 Å². The zero-order valence-electron chi connectivity index (χ0n) is 17.8. The zero-order valence-corrected chi connectivity index (χ0v) is 17.8. The van der Waals surface area contributed by atoms with Crippen LogP contribution in [-0.2, 0) is 4.74 Å². The SMILES string of the molecule is CCCCC[C@H](O)C=C[C@@H]1[C@H]2CC(CCOCCN3CCCC3)=C[C@H]2C[C@H]1O. The van der Waals surface area contributed by atoms with Crippen LogP contribution in [0.1, 0.15) is 64.7 Å². The minimum atomic E-state index is -0.365. The molecule has 0 amide bonds. The third-order valence-corrected chi connectivity index (χ3v) is 6.93. The van der Waals surface area contributed by atoms with Crippen molar-refractivity contribution in [3.05, 3.63) is 23.8 Å². The predicted molar refractivity (Wildman–Crippen MR) is 114 cm³/mol. The summed E-state index contributed by atoms with van der Waals surface area (Å²) < 4.78 is 5.87. The van der Waals surface area contributed by atoms with Gasteiger partial charge in [-0.05, 0) is 63.5 Å². The highest BCUT2D eigenvalue weighted by molar-refractivity contribution is 5.21. The van der Waals surface area contributed by atoms with Gasteiger partial charge in [0, 0.05) is 12.5 Å². The molecule has 2 fully saturated rings. The number of unbranched alkanes of at least 4 members (excludes halogenated alkanes) is 2. The maximum absolute atomic E-state index is 10.5. The molecule has 0 unspecified atom stereocenters. The Hall–Kier alpha value is -0.680. The molecular formula is C24H41NO3. The topological polar surface area (TPSA) is 52.9 Å². The van der Waals surface area contributed by atoms with Gasteiger partial charge in [-0.2, -0.15) is 0 Å². The van der Waals surface area contributed by atoms with Gasteiger partial charge < -0.3 is 19.8 Å². The van der Waals surface area contributed by atoms with Gasteiger partial charge in [0.15, 0.2) is 0 Å². The highest BCUT2D eigenvalue weighted by atomic mass is 16.5. The summed E-state index contributed by atoms with van der Waals surface area (Å²) in [6.45, 7) is 7.40. The van der Waals surface area contributed by atoms with Crippen LogP contribution >= 0.6 is 0 Å². The van der Waals surface area contributed by atoms with Crippen molar-refractivity contribution < 1.29 is 14.9 Å². The molecule has 0 aromatic rings. The first-order chi connectivity index (χ1) is 13.7. The molecule has 3 rings (SSSR count). The molecular weight excluding hydrogens is 350 g/mol. The van der Waals surface area contributed by atoms with Crippen LogP contribution in [0.15, 0.2) is 23.8 Å². The molecule has 2 N–H and O–H groups in total. The minimum absolute atomic E-state index is 0.190. The first-order valence-corrected chi connectivity index (χ1v) is 11.7. The largest absolute Gasteiger partial charge is 0.392 e. The van der Waals surface area contributed by atoms with Crippen LogP contribution < -0.4 is 0 Å². The van der Waals surface area contributed by atoms with Crippen molar-refractivity contribution >= 4 is 0 Å². The average Bonchev–Trinajstić information content (AvgIpc) is 3.37. The number of hydrogen-bond donors (Lipinski definition) is 2. The number of fused-ring (bicyclic) bond motifs is 1. The average molecular weight is 392 g/mol. The van der Waals surface area contributed by atoms with Crippen molar-refractivity contribution in [2.75, 3.05) is 32.8 Å². The number of allylic oxidation sites excluding steroid dienone is 1. The summed E-state index contributed by atoms with van der Waals surface area (Å²) in [5.41, 5.74) is 1.50. The first kappa shape index (κ1) is 22.0. The van der Waals surface area contributed by atoms with E-state index in [4.69, 9.17) is 4.74 Å². The Balaban J connectivity index is 1.36. The first-order valence-electron chi connectivity index (χ1n) is 11.7. The molecule has 5 atom stereocenters. The molecule has 1 heterocycles. The molecule has 1 saturated heterocycles. The zero-order chi connectivity index (χ0) is 19.8. The van der Waals surface area contributed by atoms with E-state index in [1.54, 1.807) is 0 Å². The molecule has 4 heteroatoms. The Morgan fingerprint density at radius 1 is 1.25 bits per heavy atom. The summed E-state index contributed by atoms with van der Waals surface area (Å²) in [5, 5.41) is 20.6. The van der Waals surface area contributed by atoms with Gasteiger partial charge in [-0.3, -0.25) is 0 Å². The van der Waals surface area contributed by atoms with E-state index in [1.807, 2.05) is 6.08 Å². The summed E-state index contributed by atoms with van der Waals surface area (Å²) in [4.78, 5) is 2.49. The second-order valence-corrected chi connectivity index (χ2v) is 9.10. The summed E-state index contributed by atoms with van der Waals surface area (Å²) in [5.74, 6) is 1.20. The highest BCUT2D eigenvalue weighted by Gasteiger charge is 2.43. The van der Waals surface area contributed by atoms with Crippen LogP contribution in [0.2, 0.25) is 0 Å². The van der Waals surface area contributed by atoms with E-state index in [9.17, 15) is 10.2 Å². The van der Waals surface area contributed by atoms with E-state index >= 15 is 0 Å². The number of ether oxygens (including phenoxy) is 1. The predicted octanol–water partition coefficient (Wildman–Crippen LogP) is 3.93. The van der Waals surface area contributed by atoms with E-state index in [0.29, 0.717) is 11.8 Å². The van der Waals surface area contributed by atoms with Crippen molar-refractivity contribution in [3.8, 4) is 0 Å². The second kappa shape index (κ2) is 11.5. The maximum Gasteiger partial charge on any atom is 0.0721 e. The molecule has 0 radical (unpaired) electrons. The Kier molecular flexibility index (Phi) is 9.04. The number of aliphatic hydroxyl groups is 2. The lowest BCUT2D eigenvalue weighted by atomic mass is 9.88. The third-order valence-electron chi connectivity index (χ3n) is 6.93. The highest BCUT2D eigenvalue weighted by Crippen LogP contribution is 2.47. The molecule has 1 saturated carbocycles. The Morgan fingerprint density at radius 3 is 2.86 bits per heavy atom. The molecule has 28 heavy (non-hydrogen) atoms. The van der Waals surface area contributed by atoms with Gasteiger partial charge in [-0.25, -0.2) is 0 Å². The van der Waals surface area contributed by atoms with E-state index in [1.165, 1.54) is 44.3 Å². The van der Waals surface area contributed by atoms with E-state index in [-0.39, 0.29) is 18.1 Å². The lowest BCUT2D eigenvalue weighted by Gasteiger charge is -2.19. The molecule has 4 nitrogen and oxygen atoms in total. The fourth-order valence-corrected chi connectivity index (χ4v) is 5.25. The van der Waals surface area contributed by atoms with E-state index < -0.39 is 0 Å².